The van der Waals surface area contributed by atoms with E-state index in [9.17, 15) is 13.7 Å². The molecule has 0 atom stereocenters. The monoisotopic (exact) mass is 336 g/mol. The smallest absolute Gasteiger partial charge is 0.389 e. The molecule has 1 aromatic carbocycles. The van der Waals surface area contributed by atoms with Crippen molar-refractivity contribution in [3.8, 4) is 5.75 Å². The fourth-order valence-corrected chi connectivity index (χ4v) is 3.55. The molecule has 2 aromatic rings. The maximum atomic E-state index is 13.7. The van der Waals surface area contributed by atoms with Crippen molar-refractivity contribution in [3.63, 3.8) is 0 Å². The summed E-state index contributed by atoms with van der Waals surface area (Å²) in [5.41, 5.74) is 0.453. The first-order valence-electron chi connectivity index (χ1n) is 4.80. The van der Waals surface area contributed by atoms with E-state index in [1.165, 1.54) is 19.2 Å². The average Bonchev–Trinajstić information content (AvgIpc) is 2.78. The Balaban J connectivity index is 2.84. The minimum atomic E-state index is -1.13. The maximum Gasteiger partial charge on any atom is 0.389 e. The molecule has 0 spiro atoms. The quantitative estimate of drug-likeness (QED) is 0.795. The zero-order chi connectivity index (χ0) is 13.3. The van der Waals surface area contributed by atoms with Gasteiger partial charge in [-0.15, -0.1) is 11.3 Å². The number of rotatable bonds is 3. The number of methoxy groups -OCH3 is 1. The van der Waals surface area contributed by atoms with Crippen molar-refractivity contribution in [2.24, 2.45) is 0 Å². The van der Waals surface area contributed by atoms with Crippen LogP contribution in [-0.4, -0.2) is 13.1 Å². The van der Waals surface area contributed by atoms with E-state index in [-0.39, 0.29) is 14.9 Å². The molecule has 0 aliphatic carbocycles. The Morgan fingerprint density at radius 1 is 1.50 bits per heavy atom. The first-order chi connectivity index (χ1) is 8.63. The molecule has 0 fully saturated rings. The Morgan fingerprint density at radius 3 is 2.78 bits per heavy atom. The lowest BCUT2D eigenvalue weighted by atomic mass is 10.1. The van der Waals surface area contributed by atoms with Gasteiger partial charge >= 0.3 is 5.97 Å². The van der Waals surface area contributed by atoms with Crippen LogP contribution in [0.4, 0.5) is 8.92 Å². The minimum Gasteiger partial charge on any atom is -0.496 e. The van der Waals surface area contributed by atoms with Crippen molar-refractivity contribution >= 4 is 43.3 Å². The Morgan fingerprint density at radius 2 is 2.22 bits per heavy atom. The Kier molecular flexibility index (Phi) is 3.82. The normalized spacial score (nSPS) is 10.7. The molecule has 0 amide bonds. The molecular formula is C11H7BrF2O3S. The minimum absolute atomic E-state index is 0.0211. The van der Waals surface area contributed by atoms with Crippen LogP contribution in [0.15, 0.2) is 12.1 Å². The zero-order valence-corrected chi connectivity index (χ0v) is 11.5. The molecule has 0 saturated carbocycles. The zero-order valence-electron chi connectivity index (χ0n) is 9.13. The van der Waals surface area contributed by atoms with Crippen molar-refractivity contribution in [1.82, 2.24) is 0 Å². The van der Waals surface area contributed by atoms with E-state index >= 15 is 0 Å². The summed E-state index contributed by atoms with van der Waals surface area (Å²) in [6, 6.07) is 2.70. The average molecular weight is 337 g/mol. The second kappa shape index (κ2) is 5.19. The number of carbonyl (C=O) groups is 1. The molecule has 96 valence electrons. The number of carbonyl (C=O) groups excluding carboxylic acids is 1. The highest BCUT2D eigenvalue weighted by Gasteiger charge is 2.23. The van der Waals surface area contributed by atoms with Crippen LogP contribution in [0, 0.1) is 5.82 Å². The van der Waals surface area contributed by atoms with Crippen molar-refractivity contribution in [1.29, 1.82) is 0 Å². The van der Waals surface area contributed by atoms with E-state index in [2.05, 4.69) is 20.9 Å². The number of halogens is 3. The maximum absolute atomic E-state index is 13.7. The van der Waals surface area contributed by atoms with Gasteiger partial charge < -0.3 is 4.74 Å². The van der Waals surface area contributed by atoms with E-state index in [4.69, 9.17) is 4.74 Å². The summed E-state index contributed by atoms with van der Waals surface area (Å²) in [5, 5.41) is 0.719. The highest BCUT2D eigenvalue weighted by atomic mass is 79.9. The molecule has 0 N–H and O–H groups in total. The molecule has 0 saturated heterocycles. The predicted octanol–water partition coefficient (Wildman–Crippen LogP) is 3.99. The van der Waals surface area contributed by atoms with Crippen LogP contribution < -0.4 is 4.74 Å². The van der Waals surface area contributed by atoms with Gasteiger partial charge in [-0.05, 0) is 17.7 Å². The lowest BCUT2D eigenvalue weighted by Crippen LogP contribution is -1.98. The van der Waals surface area contributed by atoms with Gasteiger partial charge in [0.25, 0.3) is 0 Å². The van der Waals surface area contributed by atoms with Crippen LogP contribution in [0.5, 0.6) is 5.75 Å². The van der Waals surface area contributed by atoms with Crippen LogP contribution in [0.3, 0.4) is 0 Å². The fourth-order valence-electron chi connectivity index (χ4n) is 1.70. The van der Waals surface area contributed by atoms with Crippen molar-refractivity contribution in [3.05, 3.63) is 28.4 Å². The Labute approximate surface area is 113 Å². The molecule has 1 aromatic heterocycles. The Hall–Kier alpha value is -1.21. The van der Waals surface area contributed by atoms with Crippen LogP contribution >= 0.6 is 27.3 Å². The molecule has 2 rings (SSSR count). The molecular weight excluding hydrogens is 330 g/mol. The number of benzene rings is 1. The number of alkyl halides is 1. The second-order valence-electron chi connectivity index (χ2n) is 3.36. The molecule has 7 heteroatoms. The molecule has 18 heavy (non-hydrogen) atoms. The van der Waals surface area contributed by atoms with E-state index in [1.54, 1.807) is 0 Å². The summed E-state index contributed by atoms with van der Waals surface area (Å²) in [6.45, 7) is 0. The summed E-state index contributed by atoms with van der Waals surface area (Å²) < 4.78 is 31.1. The van der Waals surface area contributed by atoms with Gasteiger partial charge in [0.2, 0.25) is 0 Å². The highest BCUT2D eigenvalue weighted by Crippen LogP contribution is 2.40. The van der Waals surface area contributed by atoms with Gasteiger partial charge in [0.15, 0.2) is 0 Å². The number of hydrogen-bond donors (Lipinski definition) is 0. The van der Waals surface area contributed by atoms with Crippen molar-refractivity contribution in [2.45, 2.75) is 5.33 Å². The lowest BCUT2D eigenvalue weighted by molar-refractivity contribution is -0.0783. The first-order valence-corrected chi connectivity index (χ1v) is 6.74. The van der Waals surface area contributed by atoms with Gasteiger partial charge in [-0.3, -0.25) is 0 Å². The lowest BCUT2D eigenvalue weighted by Gasteiger charge is -2.04. The van der Waals surface area contributed by atoms with Crippen LogP contribution in [0.2, 0.25) is 0 Å². The number of fused-ring (bicyclic) bond motifs is 1. The topological polar surface area (TPSA) is 35.5 Å². The van der Waals surface area contributed by atoms with Gasteiger partial charge in [0, 0.05) is 15.2 Å². The largest absolute Gasteiger partial charge is 0.496 e. The molecule has 0 aliphatic rings. The number of ether oxygens (including phenoxy) is 1. The van der Waals surface area contributed by atoms with Crippen molar-refractivity contribution < 1.29 is 23.4 Å². The summed E-state index contributed by atoms with van der Waals surface area (Å²) in [7, 11) is 1.44. The van der Waals surface area contributed by atoms with Gasteiger partial charge in [-0.1, -0.05) is 15.9 Å². The summed E-state index contributed by atoms with van der Waals surface area (Å²) >= 11 is 4.03. The molecule has 0 radical (unpaired) electrons. The third kappa shape index (κ3) is 1.97. The first kappa shape index (κ1) is 13.2. The van der Waals surface area contributed by atoms with Crippen LogP contribution in [-0.2, 0) is 10.3 Å². The van der Waals surface area contributed by atoms with Gasteiger partial charge in [-0.25, -0.2) is 14.1 Å². The van der Waals surface area contributed by atoms with Gasteiger partial charge in [0.1, 0.15) is 16.4 Å². The van der Waals surface area contributed by atoms with Gasteiger partial charge in [0.05, 0.1) is 11.8 Å². The summed E-state index contributed by atoms with van der Waals surface area (Å²) in [5.74, 6) is -1.20. The van der Waals surface area contributed by atoms with Gasteiger partial charge in [-0.2, -0.15) is 0 Å². The summed E-state index contributed by atoms with van der Waals surface area (Å²) in [6.07, 6.45) is 0. The molecule has 0 bridgehead atoms. The van der Waals surface area contributed by atoms with E-state index < -0.39 is 11.8 Å². The summed E-state index contributed by atoms with van der Waals surface area (Å²) in [4.78, 5) is 14.5. The fraction of sp³-hybridized carbons (Fsp3) is 0.182. The molecule has 3 nitrogen and oxygen atoms in total. The van der Waals surface area contributed by atoms with E-state index in [0.29, 0.717) is 16.7 Å². The van der Waals surface area contributed by atoms with E-state index in [1.807, 2.05) is 0 Å². The second-order valence-corrected chi connectivity index (χ2v) is 4.94. The third-order valence-electron chi connectivity index (χ3n) is 2.46. The SMILES string of the molecule is COc1ccc(F)c2sc(C(=O)OF)c(CBr)c12. The van der Waals surface area contributed by atoms with Crippen LogP contribution in [0.1, 0.15) is 15.2 Å². The highest BCUT2D eigenvalue weighted by molar-refractivity contribution is 9.08. The predicted molar refractivity (Wildman–Crippen MR) is 67.5 cm³/mol. The molecule has 1 heterocycles. The van der Waals surface area contributed by atoms with E-state index in [0.717, 1.165) is 11.3 Å². The Bertz CT molecular complexity index is 612. The van der Waals surface area contributed by atoms with Crippen molar-refractivity contribution in [2.75, 3.05) is 7.11 Å². The van der Waals surface area contributed by atoms with Crippen LogP contribution in [0.25, 0.3) is 10.1 Å². The third-order valence-corrected chi connectivity index (χ3v) is 4.24. The molecule has 0 aliphatic heterocycles. The standard InChI is InChI=1S/C11H7BrF2O3S/c1-16-7-3-2-6(13)10-8(7)5(4-12)9(18-10)11(15)17-14/h2-3H,4H2,1H3. The molecule has 0 unspecified atom stereocenters. The number of thiophene rings is 1. The number of hydrogen-bond acceptors (Lipinski definition) is 4.